The molecule has 1 aliphatic carbocycles. The molecule has 2 aliphatic heterocycles. The van der Waals surface area contributed by atoms with Crippen molar-refractivity contribution in [1.82, 2.24) is 0 Å². The van der Waals surface area contributed by atoms with Crippen LogP contribution in [0.25, 0.3) is 0 Å². The molecular weight excluding hydrogens is 414 g/mol. The number of Topliss-reactive ketones (excluding diaryl/α,β-unsaturated/α-hetero) is 1. The Morgan fingerprint density at radius 3 is 2.69 bits per heavy atom. The van der Waals surface area contributed by atoms with Crippen molar-refractivity contribution < 1.29 is 14.3 Å². The lowest BCUT2D eigenvalue weighted by molar-refractivity contribution is -0.118. The largest absolute Gasteiger partial charge is 0.454 e. The average molecular weight is 432 g/mol. The summed E-state index contributed by atoms with van der Waals surface area (Å²) in [6, 6.07) is 8.19. The van der Waals surface area contributed by atoms with E-state index in [9.17, 15) is 4.79 Å². The van der Waals surface area contributed by atoms with Crippen LogP contribution >= 0.6 is 27.3 Å². The maximum atomic E-state index is 13.1. The van der Waals surface area contributed by atoms with Gasteiger partial charge in [-0.15, -0.1) is 11.3 Å². The predicted molar refractivity (Wildman–Crippen MR) is 105 cm³/mol. The van der Waals surface area contributed by atoms with Crippen LogP contribution in [0.3, 0.4) is 0 Å². The van der Waals surface area contributed by atoms with Gasteiger partial charge in [0.25, 0.3) is 0 Å². The van der Waals surface area contributed by atoms with Crippen molar-refractivity contribution in [3.63, 3.8) is 0 Å². The van der Waals surface area contributed by atoms with E-state index in [1.54, 1.807) is 11.3 Å². The summed E-state index contributed by atoms with van der Waals surface area (Å²) in [4.78, 5) is 14.3. The number of hydrogen-bond donors (Lipinski definition) is 1. The minimum Gasteiger partial charge on any atom is -0.454 e. The summed E-state index contributed by atoms with van der Waals surface area (Å²) < 4.78 is 12.2. The van der Waals surface area contributed by atoms with Crippen LogP contribution in [0.1, 0.15) is 43.0 Å². The van der Waals surface area contributed by atoms with Crippen molar-refractivity contribution in [2.24, 2.45) is 5.41 Å². The number of ketones is 1. The van der Waals surface area contributed by atoms with Gasteiger partial charge in [-0.3, -0.25) is 4.79 Å². The molecule has 1 N–H and O–H groups in total. The van der Waals surface area contributed by atoms with Crippen molar-refractivity contribution in [2.75, 3.05) is 12.1 Å². The van der Waals surface area contributed by atoms with Gasteiger partial charge in [0.05, 0.1) is 9.70 Å². The van der Waals surface area contributed by atoms with Gasteiger partial charge in [0.1, 0.15) is 0 Å². The van der Waals surface area contributed by atoms with E-state index in [4.69, 9.17) is 9.47 Å². The number of hydrogen-bond acceptors (Lipinski definition) is 5. The number of thiophene rings is 1. The molecule has 0 amide bonds. The Bertz CT molecular complexity index is 975. The summed E-state index contributed by atoms with van der Waals surface area (Å²) >= 11 is 5.25. The standard InChI is InChI=1S/C20H18BrNO3S/c1-20(2)7-12-19(13(23)8-20)18(16-3-4-17(21)26-16)10-5-14-15(25-9-24-14)6-11(10)22-12/h3-6,18,22H,7-9H2,1-2H3/t18-/m1/s1. The van der Waals surface area contributed by atoms with Gasteiger partial charge in [-0.25, -0.2) is 0 Å². The number of anilines is 1. The number of ether oxygens (including phenoxy) is 2. The lowest BCUT2D eigenvalue weighted by Gasteiger charge is -2.39. The second-order valence-electron chi connectivity index (χ2n) is 7.83. The highest BCUT2D eigenvalue weighted by Crippen LogP contribution is 2.52. The SMILES string of the molecule is CC1(C)CC(=O)C2=C(C1)Nc1cc3c(cc1[C@@H]2c1ccc(Br)s1)OCO3. The lowest BCUT2D eigenvalue weighted by atomic mass is 9.70. The molecule has 26 heavy (non-hydrogen) atoms. The van der Waals surface area contributed by atoms with Gasteiger partial charge >= 0.3 is 0 Å². The van der Waals surface area contributed by atoms with Crippen molar-refractivity contribution in [1.29, 1.82) is 0 Å². The van der Waals surface area contributed by atoms with Gasteiger partial charge in [-0.1, -0.05) is 13.8 Å². The van der Waals surface area contributed by atoms with E-state index in [2.05, 4.69) is 41.2 Å². The fourth-order valence-corrected chi connectivity index (χ4v) is 5.74. The molecule has 0 saturated heterocycles. The molecule has 3 heterocycles. The predicted octanol–water partition coefficient (Wildman–Crippen LogP) is 5.44. The zero-order chi connectivity index (χ0) is 18.1. The van der Waals surface area contributed by atoms with Crippen LogP contribution in [0.2, 0.25) is 0 Å². The molecule has 0 bridgehead atoms. The Labute approximate surface area is 164 Å². The van der Waals surface area contributed by atoms with E-state index in [0.29, 0.717) is 6.42 Å². The van der Waals surface area contributed by atoms with Crippen LogP contribution in [-0.4, -0.2) is 12.6 Å². The fraction of sp³-hybridized carbons (Fsp3) is 0.350. The Morgan fingerprint density at radius 2 is 1.96 bits per heavy atom. The number of rotatable bonds is 1. The first-order valence-electron chi connectivity index (χ1n) is 8.63. The maximum Gasteiger partial charge on any atom is 0.231 e. The van der Waals surface area contributed by atoms with Crippen molar-refractivity contribution >= 4 is 38.7 Å². The summed E-state index contributed by atoms with van der Waals surface area (Å²) in [6.07, 6.45) is 1.45. The number of halogens is 1. The second kappa shape index (κ2) is 5.60. The van der Waals surface area contributed by atoms with Gasteiger partial charge in [0, 0.05) is 34.3 Å². The van der Waals surface area contributed by atoms with E-state index < -0.39 is 0 Å². The third kappa shape index (κ3) is 2.50. The number of nitrogens with one attached hydrogen (secondary N) is 1. The number of benzene rings is 1. The van der Waals surface area contributed by atoms with E-state index in [0.717, 1.165) is 44.2 Å². The molecule has 2 aromatic rings. The Morgan fingerprint density at radius 1 is 1.19 bits per heavy atom. The molecule has 1 aromatic heterocycles. The van der Waals surface area contributed by atoms with Crippen LogP contribution in [0.4, 0.5) is 5.69 Å². The van der Waals surface area contributed by atoms with E-state index in [1.807, 2.05) is 18.2 Å². The fourth-order valence-electron chi connectivity index (χ4n) is 4.18. The van der Waals surface area contributed by atoms with Crippen LogP contribution < -0.4 is 14.8 Å². The molecule has 4 nitrogen and oxygen atoms in total. The van der Waals surface area contributed by atoms with Crippen molar-refractivity contribution in [3.8, 4) is 11.5 Å². The smallest absolute Gasteiger partial charge is 0.231 e. The van der Waals surface area contributed by atoms with E-state index in [-0.39, 0.29) is 23.9 Å². The van der Waals surface area contributed by atoms with Crippen molar-refractivity contribution in [3.05, 3.63) is 49.8 Å². The van der Waals surface area contributed by atoms with Gasteiger partial charge in [-0.2, -0.15) is 0 Å². The molecule has 134 valence electrons. The highest BCUT2D eigenvalue weighted by molar-refractivity contribution is 9.11. The first kappa shape index (κ1) is 16.4. The Hall–Kier alpha value is -1.79. The lowest BCUT2D eigenvalue weighted by Crippen LogP contribution is -2.33. The molecule has 1 aromatic carbocycles. The molecule has 0 spiro atoms. The summed E-state index contributed by atoms with van der Waals surface area (Å²) in [5, 5.41) is 3.54. The number of carbonyl (C=O) groups excluding carboxylic acids is 1. The second-order valence-corrected chi connectivity index (χ2v) is 10.3. The number of carbonyl (C=O) groups is 1. The Kier molecular flexibility index (Phi) is 3.53. The van der Waals surface area contributed by atoms with E-state index in [1.165, 1.54) is 4.88 Å². The molecule has 5 rings (SSSR count). The van der Waals surface area contributed by atoms with Gasteiger partial charge in [-0.05, 0) is 51.5 Å². The zero-order valence-corrected chi connectivity index (χ0v) is 16.9. The molecule has 1 atom stereocenters. The van der Waals surface area contributed by atoms with E-state index >= 15 is 0 Å². The molecule has 0 fully saturated rings. The third-order valence-electron chi connectivity index (χ3n) is 5.23. The van der Waals surface area contributed by atoms with Crippen LogP contribution in [-0.2, 0) is 4.79 Å². The molecular formula is C20H18BrNO3S. The summed E-state index contributed by atoms with van der Waals surface area (Å²) in [6.45, 7) is 4.55. The monoisotopic (exact) mass is 431 g/mol. The summed E-state index contributed by atoms with van der Waals surface area (Å²) in [5.41, 5.74) is 4.01. The van der Waals surface area contributed by atoms with Crippen LogP contribution in [0.5, 0.6) is 11.5 Å². The van der Waals surface area contributed by atoms with Gasteiger partial charge in [0.2, 0.25) is 6.79 Å². The molecule has 0 unspecified atom stereocenters. The number of fused-ring (bicyclic) bond motifs is 2. The molecule has 3 aliphatic rings. The summed E-state index contributed by atoms with van der Waals surface area (Å²) in [5.74, 6) is 1.68. The number of allylic oxidation sites excluding steroid dienone is 2. The first-order chi connectivity index (χ1) is 12.4. The highest BCUT2D eigenvalue weighted by atomic mass is 79.9. The average Bonchev–Trinajstić information content (AvgIpc) is 3.18. The molecule has 0 saturated carbocycles. The Balaban J connectivity index is 1.73. The normalized spacial score (nSPS) is 22.7. The van der Waals surface area contributed by atoms with Gasteiger partial charge in [0.15, 0.2) is 17.3 Å². The summed E-state index contributed by atoms with van der Waals surface area (Å²) in [7, 11) is 0. The van der Waals surface area contributed by atoms with Crippen LogP contribution in [0.15, 0.2) is 39.3 Å². The molecule has 6 heteroatoms. The first-order valence-corrected chi connectivity index (χ1v) is 10.2. The van der Waals surface area contributed by atoms with Crippen LogP contribution in [0, 0.1) is 5.41 Å². The molecule has 0 radical (unpaired) electrons. The van der Waals surface area contributed by atoms with Gasteiger partial charge < -0.3 is 14.8 Å². The highest BCUT2D eigenvalue weighted by Gasteiger charge is 2.41. The quantitative estimate of drug-likeness (QED) is 0.652. The minimum absolute atomic E-state index is 0.0304. The zero-order valence-electron chi connectivity index (χ0n) is 14.5. The topological polar surface area (TPSA) is 47.6 Å². The minimum atomic E-state index is -0.0596. The third-order valence-corrected chi connectivity index (χ3v) is 6.92. The van der Waals surface area contributed by atoms with Crippen molar-refractivity contribution in [2.45, 2.75) is 32.6 Å². The maximum absolute atomic E-state index is 13.1.